The standard InChI is InChI=1S/C18H18N2O.ClH/c21-18(20-10-9-13-5-3-4-8-17(13)20)16-11-14-6-1-2-7-15(14)12-19-16;/h1-8,16,19H,9-12H2;1H. The van der Waals surface area contributed by atoms with E-state index in [2.05, 4.69) is 41.7 Å². The SMILES string of the molecule is Cl.O=C(C1Cc2ccccc2CN1)N1CCc2ccccc21. The molecule has 1 unspecified atom stereocenters. The number of fused-ring (bicyclic) bond motifs is 2. The summed E-state index contributed by atoms with van der Waals surface area (Å²) in [6, 6.07) is 16.5. The maximum absolute atomic E-state index is 12.8. The largest absolute Gasteiger partial charge is 0.310 e. The first kappa shape index (κ1) is 15.1. The molecule has 0 bridgehead atoms. The number of benzene rings is 2. The summed E-state index contributed by atoms with van der Waals surface area (Å²) in [5.41, 5.74) is 4.97. The molecule has 1 N–H and O–H groups in total. The van der Waals surface area contributed by atoms with E-state index in [1.165, 1.54) is 16.7 Å². The van der Waals surface area contributed by atoms with Crippen LogP contribution in [0.5, 0.6) is 0 Å². The summed E-state index contributed by atoms with van der Waals surface area (Å²) < 4.78 is 0. The van der Waals surface area contributed by atoms with Crippen molar-refractivity contribution in [2.24, 2.45) is 0 Å². The molecule has 1 amide bonds. The van der Waals surface area contributed by atoms with Crippen molar-refractivity contribution in [3.8, 4) is 0 Å². The van der Waals surface area contributed by atoms with Gasteiger partial charge in [0.25, 0.3) is 0 Å². The smallest absolute Gasteiger partial charge is 0.244 e. The van der Waals surface area contributed by atoms with Crippen LogP contribution in [0.2, 0.25) is 0 Å². The van der Waals surface area contributed by atoms with Crippen LogP contribution in [0.25, 0.3) is 0 Å². The molecule has 0 saturated carbocycles. The Kier molecular flexibility index (Phi) is 4.19. The number of nitrogens with one attached hydrogen (secondary N) is 1. The van der Waals surface area contributed by atoms with E-state index in [0.29, 0.717) is 0 Å². The molecule has 4 heteroatoms. The van der Waals surface area contributed by atoms with Crippen LogP contribution in [-0.4, -0.2) is 18.5 Å². The van der Waals surface area contributed by atoms with Gasteiger partial charge in [0.05, 0.1) is 6.04 Å². The summed E-state index contributed by atoms with van der Waals surface area (Å²) in [6.45, 7) is 1.58. The fourth-order valence-electron chi connectivity index (χ4n) is 3.38. The number of carbonyl (C=O) groups is 1. The van der Waals surface area contributed by atoms with Crippen molar-refractivity contribution in [2.45, 2.75) is 25.4 Å². The van der Waals surface area contributed by atoms with Crippen molar-refractivity contribution in [3.05, 3.63) is 65.2 Å². The summed E-state index contributed by atoms with van der Waals surface area (Å²) in [5, 5.41) is 3.39. The molecule has 114 valence electrons. The zero-order valence-corrected chi connectivity index (χ0v) is 13.1. The zero-order valence-electron chi connectivity index (χ0n) is 12.3. The fourth-order valence-corrected chi connectivity index (χ4v) is 3.38. The highest BCUT2D eigenvalue weighted by Gasteiger charge is 2.31. The lowest BCUT2D eigenvalue weighted by molar-refractivity contribution is -0.120. The predicted molar refractivity (Wildman–Crippen MR) is 90.5 cm³/mol. The van der Waals surface area contributed by atoms with Crippen LogP contribution in [0.1, 0.15) is 16.7 Å². The van der Waals surface area contributed by atoms with Gasteiger partial charge in [-0.15, -0.1) is 12.4 Å². The molecule has 1 atom stereocenters. The van der Waals surface area contributed by atoms with Crippen molar-refractivity contribution in [1.82, 2.24) is 5.32 Å². The molecule has 0 aromatic heterocycles. The van der Waals surface area contributed by atoms with Crippen molar-refractivity contribution >= 4 is 24.0 Å². The molecule has 0 aliphatic carbocycles. The highest BCUT2D eigenvalue weighted by atomic mass is 35.5. The molecule has 2 aromatic carbocycles. The topological polar surface area (TPSA) is 32.3 Å². The summed E-state index contributed by atoms with van der Waals surface area (Å²) in [4.78, 5) is 14.8. The third-order valence-corrected chi connectivity index (χ3v) is 4.53. The second-order valence-electron chi connectivity index (χ2n) is 5.77. The number of amides is 1. The van der Waals surface area contributed by atoms with E-state index in [9.17, 15) is 4.79 Å². The van der Waals surface area contributed by atoms with Gasteiger partial charge >= 0.3 is 0 Å². The summed E-state index contributed by atoms with van der Waals surface area (Å²) in [7, 11) is 0. The lowest BCUT2D eigenvalue weighted by Crippen LogP contribution is -2.49. The van der Waals surface area contributed by atoms with Gasteiger partial charge in [-0.1, -0.05) is 42.5 Å². The highest BCUT2D eigenvalue weighted by Crippen LogP contribution is 2.29. The number of halogens is 1. The van der Waals surface area contributed by atoms with Gasteiger partial charge in [0, 0.05) is 18.8 Å². The summed E-state index contributed by atoms with van der Waals surface area (Å²) in [5.74, 6) is 0.203. The average Bonchev–Trinajstić information content (AvgIpc) is 2.98. The summed E-state index contributed by atoms with van der Waals surface area (Å²) >= 11 is 0. The van der Waals surface area contributed by atoms with Crippen LogP contribution in [0.15, 0.2) is 48.5 Å². The first-order chi connectivity index (χ1) is 10.3. The Balaban J connectivity index is 0.00000144. The molecule has 0 fully saturated rings. The van der Waals surface area contributed by atoms with E-state index in [1.54, 1.807) is 0 Å². The Hall–Kier alpha value is -1.84. The van der Waals surface area contributed by atoms with Gasteiger partial charge in [-0.25, -0.2) is 0 Å². The maximum atomic E-state index is 12.8. The molecule has 0 saturated heterocycles. The van der Waals surface area contributed by atoms with E-state index in [-0.39, 0.29) is 24.4 Å². The monoisotopic (exact) mass is 314 g/mol. The number of rotatable bonds is 1. The highest BCUT2D eigenvalue weighted by molar-refractivity contribution is 5.99. The first-order valence-corrected chi connectivity index (χ1v) is 7.52. The average molecular weight is 315 g/mol. The number of para-hydroxylation sites is 1. The third kappa shape index (κ3) is 2.51. The summed E-state index contributed by atoms with van der Waals surface area (Å²) in [6.07, 6.45) is 1.75. The fraction of sp³-hybridized carbons (Fsp3) is 0.278. The van der Waals surface area contributed by atoms with Gasteiger partial charge in [-0.05, 0) is 35.6 Å². The molecule has 22 heavy (non-hydrogen) atoms. The number of hydrogen-bond donors (Lipinski definition) is 1. The van der Waals surface area contributed by atoms with Gasteiger partial charge in [0.15, 0.2) is 0 Å². The van der Waals surface area contributed by atoms with Gasteiger partial charge in [-0.3, -0.25) is 4.79 Å². The molecule has 2 heterocycles. The second kappa shape index (κ2) is 6.11. The number of carbonyl (C=O) groups excluding carboxylic acids is 1. The number of hydrogen-bond acceptors (Lipinski definition) is 2. The Morgan fingerprint density at radius 3 is 2.50 bits per heavy atom. The van der Waals surface area contributed by atoms with E-state index in [1.807, 2.05) is 17.0 Å². The van der Waals surface area contributed by atoms with Crippen LogP contribution in [0.3, 0.4) is 0 Å². The molecular formula is C18H19ClN2O. The lowest BCUT2D eigenvalue weighted by atomic mass is 9.95. The van der Waals surface area contributed by atoms with Crippen LogP contribution >= 0.6 is 12.4 Å². The van der Waals surface area contributed by atoms with Gasteiger partial charge in [0.1, 0.15) is 0 Å². The van der Waals surface area contributed by atoms with E-state index in [0.717, 1.165) is 31.6 Å². The first-order valence-electron chi connectivity index (χ1n) is 7.52. The van der Waals surface area contributed by atoms with Crippen molar-refractivity contribution in [1.29, 1.82) is 0 Å². The minimum Gasteiger partial charge on any atom is -0.310 e. The Labute approximate surface area is 136 Å². The Bertz CT molecular complexity index is 701. The maximum Gasteiger partial charge on any atom is 0.244 e. The Morgan fingerprint density at radius 2 is 1.68 bits per heavy atom. The van der Waals surface area contributed by atoms with Crippen molar-refractivity contribution in [2.75, 3.05) is 11.4 Å². The molecule has 2 aliphatic heterocycles. The predicted octanol–water partition coefficient (Wildman–Crippen LogP) is 2.71. The molecule has 0 spiro atoms. The normalized spacial score (nSPS) is 19.1. The van der Waals surface area contributed by atoms with Crippen LogP contribution in [-0.2, 0) is 24.2 Å². The van der Waals surface area contributed by atoms with Crippen LogP contribution in [0.4, 0.5) is 5.69 Å². The van der Waals surface area contributed by atoms with Crippen LogP contribution in [0, 0.1) is 0 Å². The van der Waals surface area contributed by atoms with Crippen LogP contribution < -0.4 is 10.2 Å². The van der Waals surface area contributed by atoms with E-state index >= 15 is 0 Å². The van der Waals surface area contributed by atoms with Gasteiger partial charge in [-0.2, -0.15) is 0 Å². The van der Waals surface area contributed by atoms with Gasteiger partial charge < -0.3 is 10.2 Å². The van der Waals surface area contributed by atoms with E-state index in [4.69, 9.17) is 0 Å². The van der Waals surface area contributed by atoms with Crippen molar-refractivity contribution in [3.63, 3.8) is 0 Å². The van der Waals surface area contributed by atoms with E-state index < -0.39 is 0 Å². The number of nitrogens with zero attached hydrogens (tertiary/aromatic N) is 1. The van der Waals surface area contributed by atoms with Gasteiger partial charge in [0.2, 0.25) is 5.91 Å². The molecule has 2 aromatic rings. The zero-order chi connectivity index (χ0) is 14.2. The van der Waals surface area contributed by atoms with Crippen molar-refractivity contribution < 1.29 is 4.79 Å². The minimum atomic E-state index is -0.106. The number of anilines is 1. The third-order valence-electron chi connectivity index (χ3n) is 4.53. The molecule has 3 nitrogen and oxygen atoms in total. The Morgan fingerprint density at radius 1 is 1.00 bits per heavy atom. The minimum absolute atomic E-state index is 0. The second-order valence-corrected chi connectivity index (χ2v) is 5.77. The quantitative estimate of drug-likeness (QED) is 0.878. The lowest BCUT2D eigenvalue weighted by Gasteiger charge is -2.29. The molecule has 4 rings (SSSR count). The molecule has 2 aliphatic rings. The molecule has 0 radical (unpaired) electrons. The molecular weight excluding hydrogens is 296 g/mol.